The third-order valence-corrected chi connectivity index (χ3v) is 7.73. The van der Waals surface area contributed by atoms with E-state index < -0.39 is 5.41 Å². The van der Waals surface area contributed by atoms with Crippen LogP contribution < -0.4 is 5.32 Å². The minimum Gasteiger partial charge on any atom is -0.349 e. The molecule has 7 heteroatoms. The molecule has 0 radical (unpaired) electrons. The molecule has 3 aromatic rings. The molecule has 2 fully saturated rings. The van der Waals surface area contributed by atoms with Crippen LogP contribution in [-0.2, 0) is 16.6 Å². The topological polar surface area (TPSA) is 95.1 Å². The van der Waals surface area contributed by atoms with Crippen molar-refractivity contribution in [3.05, 3.63) is 83.5 Å². The maximum Gasteiger partial charge on any atom is 0.247 e. The number of nitriles is 1. The number of rotatable bonds is 9. The number of nitrogens with zero attached hydrogens (tertiary/aromatic N) is 4. The monoisotopic (exact) mass is 483 g/mol. The molecular formula is C29H33N5O2. The summed E-state index contributed by atoms with van der Waals surface area (Å²) in [5, 5.41) is 17.5. The van der Waals surface area contributed by atoms with Gasteiger partial charge in [-0.15, -0.1) is 0 Å². The second kappa shape index (κ2) is 11.0. The number of benzene rings is 2. The van der Waals surface area contributed by atoms with E-state index in [4.69, 9.17) is 4.52 Å². The Kier molecular flexibility index (Phi) is 7.43. The van der Waals surface area contributed by atoms with Crippen LogP contribution in [-0.4, -0.2) is 40.6 Å². The molecule has 7 nitrogen and oxygen atoms in total. The first-order valence-electron chi connectivity index (χ1n) is 13.0. The van der Waals surface area contributed by atoms with Gasteiger partial charge in [0.2, 0.25) is 11.8 Å². The molecule has 1 aromatic heterocycles. The van der Waals surface area contributed by atoms with Crippen LogP contribution in [0.1, 0.15) is 67.4 Å². The van der Waals surface area contributed by atoms with Crippen LogP contribution in [0.2, 0.25) is 0 Å². The Bertz CT molecular complexity index is 1180. The number of likely N-dealkylation sites (tertiary alicyclic amines) is 1. The van der Waals surface area contributed by atoms with Crippen molar-refractivity contribution in [3.8, 4) is 6.07 Å². The lowest BCUT2D eigenvalue weighted by Crippen LogP contribution is -2.43. The first kappa shape index (κ1) is 24.2. The molecule has 0 spiro atoms. The van der Waals surface area contributed by atoms with Gasteiger partial charge in [0.05, 0.1) is 12.1 Å². The summed E-state index contributed by atoms with van der Waals surface area (Å²) in [6, 6.07) is 22.7. The van der Waals surface area contributed by atoms with Gasteiger partial charge in [-0.25, -0.2) is 0 Å². The summed E-state index contributed by atoms with van der Waals surface area (Å²) in [5.41, 5.74) is 1.52. The van der Waals surface area contributed by atoms with E-state index in [9.17, 15) is 10.1 Å². The van der Waals surface area contributed by atoms with Crippen molar-refractivity contribution >= 4 is 5.91 Å². The van der Waals surface area contributed by atoms with Crippen LogP contribution in [0.25, 0.3) is 0 Å². The van der Waals surface area contributed by atoms with E-state index >= 15 is 0 Å². The van der Waals surface area contributed by atoms with E-state index in [2.05, 4.69) is 38.6 Å². The van der Waals surface area contributed by atoms with Gasteiger partial charge < -0.3 is 14.7 Å². The zero-order chi connectivity index (χ0) is 24.8. The zero-order valence-electron chi connectivity index (χ0n) is 20.6. The van der Waals surface area contributed by atoms with E-state index in [0.717, 1.165) is 56.4 Å². The fourth-order valence-electron chi connectivity index (χ4n) is 5.11. The fourth-order valence-corrected chi connectivity index (χ4v) is 5.11. The molecule has 0 unspecified atom stereocenters. The molecule has 2 heterocycles. The first-order chi connectivity index (χ1) is 17.6. The molecule has 5 rings (SSSR count). The van der Waals surface area contributed by atoms with Crippen molar-refractivity contribution in [2.75, 3.05) is 19.6 Å². The molecule has 2 aliphatic rings. The molecule has 1 aliphatic heterocycles. The number of piperidine rings is 1. The number of amides is 1. The van der Waals surface area contributed by atoms with Gasteiger partial charge in [-0.2, -0.15) is 10.2 Å². The third-order valence-electron chi connectivity index (χ3n) is 7.73. The Hall–Kier alpha value is -3.50. The number of aromatic nitrogens is 2. The van der Waals surface area contributed by atoms with Crippen LogP contribution >= 0.6 is 0 Å². The van der Waals surface area contributed by atoms with Gasteiger partial charge in [-0.05, 0) is 43.2 Å². The smallest absolute Gasteiger partial charge is 0.247 e. The highest BCUT2D eigenvalue weighted by atomic mass is 16.5. The van der Waals surface area contributed by atoms with E-state index in [0.29, 0.717) is 31.0 Å². The predicted octanol–water partition coefficient (Wildman–Crippen LogP) is 4.57. The normalized spacial score (nSPS) is 18.6. The molecule has 1 saturated heterocycles. The average Bonchev–Trinajstić information content (AvgIpc) is 3.36. The largest absolute Gasteiger partial charge is 0.349 e. The van der Waals surface area contributed by atoms with E-state index in [-0.39, 0.29) is 17.9 Å². The van der Waals surface area contributed by atoms with Crippen LogP contribution in [0, 0.1) is 17.2 Å². The van der Waals surface area contributed by atoms with Gasteiger partial charge in [-0.3, -0.25) is 4.79 Å². The summed E-state index contributed by atoms with van der Waals surface area (Å²) in [5.74, 6) is 1.40. The number of carbonyl (C=O) groups is 1. The Balaban J connectivity index is 1.18. The summed E-state index contributed by atoms with van der Waals surface area (Å²) >= 11 is 0. The fraction of sp³-hybridized carbons (Fsp3) is 0.448. The lowest BCUT2D eigenvalue weighted by molar-refractivity contribution is -0.128. The second-order valence-corrected chi connectivity index (χ2v) is 10.1. The molecule has 1 N–H and O–H groups in total. The highest BCUT2D eigenvalue weighted by molar-refractivity contribution is 5.79. The van der Waals surface area contributed by atoms with Crippen molar-refractivity contribution in [2.24, 2.45) is 5.92 Å². The Morgan fingerprint density at radius 3 is 2.44 bits per heavy atom. The van der Waals surface area contributed by atoms with Crippen LogP contribution in [0.15, 0.2) is 65.2 Å². The second-order valence-electron chi connectivity index (χ2n) is 10.1. The SMILES string of the molecule is N#CC1(c2nc(Cc3ccccc3)no2)CCN(CC[C@H](NC(=O)C2CCC2)c2ccccc2)CC1. The van der Waals surface area contributed by atoms with Crippen molar-refractivity contribution in [1.29, 1.82) is 5.26 Å². The minimum absolute atomic E-state index is 0.00145. The summed E-state index contributed by atoms with van der Waals surface area (Å²) in [6.45, 7) is 2.42. The highest BCUT2D eigenvalue weighted by Crippen LogP contribution is 2.35. The Morgan fingerprint density at radius 2 is 1.81 bits per heavy atom. The molecule has 1 atom stereocenters. The van der Waals surface area contributed by atoms with Crippen molar-refractivity contribution in [3.63, 3.8) is 0 Å². The van der Waals surface area contributed by atoms with Crippen LogP contribution in [0.3, 0.4) is 0 Å². The lowest BCUT2D eigenvalue weighted by Gasteiger charge is -2.36. The molecule has 186 valence electrons. The summed E-state index contributed by atoms with van der Waals surface area (Å²) in [7, 11) is 0. The summed E-state index contributed by atoms with van der Waals surface area (Å²) in [4.78, 5) is 19.7. The number of carbonyl (C=O) groups excluding carboxylic acids is 1. The quantitative estimate of drug-likeness (QED) is 0.479. The van der Waals surface area contributed by atoms with Crippen molar-refractivity contribution < 1.29 is 9.32 Å². The van der Waals surface area contributed by atoms with Gasteiger partial charge >= 0.3 is 0 Å². The molecule has 0 bridgehead atoms. The molecular weight excluding hydrogens is 450 g/mol. The lowest BCUT2D eigenvalue weighted by atomic mass is 9.79. The van der Waals surface area contributed by atoms with Crippen molar-refractivity contribution in [2.45, 2.75) is 56.4 Å². The number of nitrogens with one attached hydrogen (secondary N) is 1. The maximum absolute atomic E-state index is 12.7. The van der Waals surface area contributed by atoms with Gasteiger partial charge in [0.25, 0.3) is 0 Å². The molecule has 1 saturated carbocycles. The number of hydrogen-bond acceptors (Lipinski definition) is 6. The standard InChI is InChI=1S/C29H33N5O2/c30-21-29(28-32-26(33-36-28)20-22-8-3-1-4-9-22)15-18-34(19-16-29)17-14-25(23-10-5-2-6-11-23)31-27(35)24-12-7-13-24/h1-6,8-11,24-25H,7,12-20H2,(H,31,35)/t25-/m0/s1. The van der Waals surface area contributed by atoms with E-state index in [1.165, 1.54) is 0 Å². The molecule has 2 aromatic carbocycles. The van der Waals surface area contributed by atoms with Crippen LogP contribution in [0.4, 0.5) is 0 Å². The van der Waals surface area contributed by atoms with Gasteiger partial charge in [0.1, 0.15) is 5.41 Å². The van der Waals surface area contributed by atoms with E-state index in [1.807, 2.05) is 48.5 Å². The summed E-state index contributed by atoms with van der Waals surface area (Å²) < 4.78 is 5.59. The summed E-state index contributed by atoms with van der Waals surface area (Å²) in [6.07, 6.45) is 5.88. The predicted molar refractivity (Wildman–Crippen MR) is 136 cm³/mol. The minimum atomic E-state index is -0.740. The third kappa shape index (κ3) is 5.50. The van der Waals surface area contributed by atoms with Gasteiger partial charge in [0.15, 0.2) is 5.82 Å². The molecule has 1 amide bonds. The maximum atomic E-state index is 12.7. The zero-order valence-corrected chi connectivity index (χ0v) is 20.6. The average molecular weight is 484 g/mol. The van der Waals surface area contributed by atoms with E-state index in [1.54, 1.807) is 0 Å². The number of hydrogen-bond donors (Lipinski definition) is 1. The molecule has 36 heavy (non-hydrogen) atoms. The van der Waals surface area contributed by atoms with Crippen molar-refractivity contribution in [1.82, 2.24) is 20.4 Å². The Labute approximate surface area is 212 Å². The highest BCUT2D eigenvalue weighted by Gasteiger charge is 2.41. The molecule has 1 aliphatic carbocycles. The Morgan fingerprint density at radius 1 is 1.11 bits per heavy atom. The first-order valence-corrected chi connectivity index (χ1v) is 13.0. The van der Waals surface area contributed by atoms with Gasteiger partial charge in [-0.1, -0.05) is 72.2 Å². The van der Waals surface area contributed by atoms with Gasteiger partial charge in [0, 0.05) is 32.0 Å². The van der Waals surface area contributed by atoms with Crippen LogP contribution in [0.5, 0.6) is 0 Å².